The summed E-state index contributed by atoms with van der Waals surface area (Å²) in [6, 6.07) is 0. The number of rotatable bonds is 1. The third-order valence-corrected chi connectivity index (χ3v) is 1.69. The van der Waals surface area contributed by atoms with Crippen molar-refractivity contribution in [1.82, 2.24) is 0 Å². The van der Waals surface area contributed by atoms with Crippen molar-refractivity contribution >= 4 is 31.3 Å². The summed E-state index contributed by atoms with van der Waals surface area (Å²) in [6.07, 6.45) is 0. The Morgan fingerprint density at radius 3 is 1.44 bits per heavy atom. The normalized spacial score (nSPS) is 9.78. The third kappa shape index (κ3) is 29.2. The zero-order valence-corrected chi connectivity index (χ0v) is 7.72. The van der Waals surface area contributed by atoms with Crippen LogP contribution in [0.1, 0.15) is 13.8 Å². The molecule has 0 saturated carbocycles. The van der Waals surface area contributed by atoms with Crippen LogP contribution in [0.3, 0.4) is 0 Å². The van der Waals surface area contributed by atoms with Crippen LogP contribution < -0.4 is 0 Å². The molecule has 0 spiro atoms. The van der Waals surface area contributed by atoms with E-state index >= 15 is 0 Å². The van der Waals surface area contributed by atoms with Gasteiger partial charge in [0.25, 0.3) is 0 Å². The van der Waals surface area contributed by atoms with E-state index in [1.807, 2.05) is 6.92 Å². The molecule has 0 aliphatic heterocycles. The molecular weight excluding hydrogens is 183 g/mol. The summed E-state index contributed by atoms with van der Waals surface area (Å²) in [4.78, 5) is 0. The van der Waals surface area contributed by atoms with Crippen molar-refractivity contribution in [2.45, 2.75) is 13.8 Å². The molecule has 58 valence electrons. The predicted molar refractivity (Wildman–Crippen MR) is 41.7 cm³/mol. The highest BCUT2D eigenvalue weighted by atomic mass is 35.7. The Morgan fingerprint density at radius 1 is 1.33 bits per heavy atom. The van der Waals surface area contributed by atoms with Gasteiger partial charge in [0, 0.05) is 16.6 Å². The molecule has 0 rings (SSSR count). The fraction of sp³-hybridized carbons (Fsp3) is 1.00. The largest absolute Gasteiger partial charge is 0.232 e. The van der Waals surface area contributed by atoms with Gasteiger partial charge >= 0.3 is 0 Å². The summed E-state index contributed by atoms with van der Waals surface area (Å²) in [7, 11) is 1.50. The summed E-state index contributed by atoms with van der Waals surface area (Å²) in [5, 5.41) is 0. The average Bonchev–Trinajstić information content (AvgIpc) is 1.67. The Balaban J connectivity index is 0. The van der Waals surface area contributed by atoms with Crippen LogP contribution in [-0.4, -0.2) is 20.1 Å². The Bertz CT molecular complexity index is 130. The van der Waals surface area contributed by atoms with Crippen molar-refractivity contribution in [2.24, 2.45) is 0 Å². The summed E-state index contributed by atoms with van der Waals surface area (Å²) >= 11 is 5.00. The number of hydrogen-bond donors (Lipinski definition) is 0. The minimum atomic E-state index is -3.19. The van der Waals surface area contributed by atoms with E-state index < -0.39 is 9.05 Å². The average molecular weight is 193 g/mol. The predicted octanol–water partition coefficient (Wildman–Crippen LogP) is 1.82. The molecule has 0 radical (unpaired) electrons. The van der Waals surface area contributed by atoms with E-state index in [-0.39, 0.29) is 5.75 Å². The first-order valence-corrected chi connectivity index (χ1v) is 5.47. The summed E-state index contributed by atoms with van der Waals surface area (Å²) < 4.78 is 19.5. The second kappa shape index (κ2) is 6.65. The van der Waals surface area contributed by atoms with Crippen molar-refractivity contribution in [3.63, 3.8) is 0 Å². The van der Waals surface area contributed by atoms with Crippen LogP contribution in [0.2, 0.25) is 0 Å². The molecule has 0 heterocycles. The second-order valence-electron chi connectivity index (χ2n) is 1.09. The highest BCUT2D eigenvalue weighted by Gasteiger charge is 1.94. The summed E-state index contributed by atoms with van der Waals surface area (Å²) in [5.74, 6) is 0.731. The van der Waals surface area contributed by atoms with E-state index in [1.54, 1.807) is 0 Å². The van der Waals surface area contributed by atoms with Crippen LogP contribution in [0.15, 0.2) is 0 Å². The van der Waals surface area contributed by atoms with E-state index in [0.717, 1.165) is 5.88 Å². The second-order valence-corrected chi connectivity index (χ2v) is 4.69. The molecular formula is C4H10Cl2O2S. The smallest absolute Gasteiger partial charge is 0.212 e. The maximum Gasteiger partial charge on any atom is 0.232 e. The van der Waals surface area contributed by atoms with Gasteiger partial charge in [-0.25, -0.2) is 8.42 Å². The van der Waals surface area contributed by atoms with Crippen molar-refractivity contribution < 1.29 is 8.42 Å². The summed E-state index contributed by atoms with van der Waals surface area (Å²) in [6.45, 7) is 3.38. The van der Waals surface area contributed by atoms with Crippen LogP contribution >= 0.6 is 22.3 Å². The van der Waals surface area contributed by atoms with Gasteiger partial charge in [-0.3, -0.25) is 0 Å². The lowest BCUT2D eigenvalue weighted by Gasteiger charge is -1.77. The first-order chi connectivity index (χ1) is 3.97. The SMILES string of the molecule is CCCl.CCS(=O)(=O)Cl. The topological polar surface area (TPSA) is 34.1 Å². The zero-order valence-electron chi connectivity index (χ0n) is 5.39. The molecule has 0 saturated heterocycles. The molecule has 0 unspecified atom stereocenters. The molecule has 2 nitrogen and oxygen atoms in total. The lowest BCUT2D eigenvalue weighted by Crippen LogP contribution is -1.88. The van der Waals surface area contributed by atoms with Gasteiger partial charge in [-0.05, 0) is 0 Å². The van der Waals surface area contributed by atoms with Gasteiger partial charge in [-0.1, -0.05) is 13.8 Å². The Morgan fingerprint density at radius 2 is 1.44 bits per heavy atom. The maximum atomic E-state index is 9.77. The van der Waals surface area contributed by atoms with E-state index in [4.69, 9.17) is 11.6 Å². The molecule has 9 heavy (non-hydrogen) atoms. The minimum Gasteiger partial charge on any atom is -0.212 e. The molecule has 0 aromatic rings. The van der Waals surface area contributed by atoms with Crippen LogP contribution in [0, 0.1) is 0 Å². The molecule has 0 amide bonds. The number of hydrogen-bond acceptors (Lipinski definition) is 2. The van der Waals surface area contributed by atoms with Gasteiger partial charge < -0.3 is 0 Å². The van der Waals surface area contributed by atoms with Crippen LogP contribution in [-0.2, 0) is 9.05 Å². The standard InChI is InChI=1S/C2H5ClO2S.C2H5Cl/c1-2-6(3,4)5;1-2-3/h2H2,1H3;2H2,1H3. The number of alkyl halides is 1. The number of halogens is 2. The fourth-order valence-electron chi connectivity index (χ4n) is 0. The van der Waals surface area contributed by atoms with Crippen LogP contribution in [0.5, 0.6) is 0 Å². The molecule has 0 fully saturated rings. The molecule has 0 aliphatic carbocycles. The Labute approximate surface area is 65.6 Å². The molecule has 0 aliphatic rings. The van der Waals surface area contributed by atoms with Crippen molar-refractivity contribution in [3.05, 3.63) is 0 Å². The van der Waals surface area contributed by atoms with Gasteiger partial charge in [0.1, 0.15) is 0 Å². The quantitative estimate of drug-likeness (QED) is 0.470. The molecule has 0 bridgehead atoms. The monoisotopic (exact) mass is 192 g/mol. The van der Waals surface area contributed by atoms with Crippen molar-refractivity contribution in [3.8, 4) is 0 Å². The zero-order chi connectivity index (χ0) is 7.91. The molecule has 5 heteroatoms. The minimum absolute atomic E-state index is 0.00849. The highest BCUT2D eigenvalue weighted by molar-refractivity contribution is 8.13. The van der Waals surface area contributed by atoms with Crippen molar-refractivity contribution in [2.75, 3.05) is 11.6 Å². The van der Waals surface area contributed by atoms with Crippen molar-refractivity contribution in [1.29, 1.82) is 0 Å². The summed E-state index contributed by atoms with van der Waals surface area (Å²) in [5.41, 5.74) is 0. The lowest BCUT2D eigenvalue weighted by molar-refractivity contribution is 0.610. The third-order valence-electron chi connectivity index (χ3n) is 0.345. The van der Waals surface area contributed by atoms with Crippen LogP contribution in [0.4, 0.5) is 0 Å². The van der Waals surface area contributed by atoms with E-state index in [9.17, 15) is 8.42 Å². The highest BCUT2D eigenvalue weighted by Crippen LogP contribution is 1.91. The van der Waals surface area contributed by atoms with Gasteiger partial charge in [-0.2, -0.15) is 0 Å². The molecule has 0 aromatic heterocycles. The Hall–Kier alpha value is 0.530. The van der Waals surface area contributed by atoms with E-state index in [1.165, 1.54) is 6.92 Å². The van der Waals surface area contributed by atoms with Gasteiger partial charge in [0.05, 0.1) is 5.75 Å². The molecule has 0 N–H and O–H groups in total. The molecule has 0 aromatic carbocycles. The van der Waals surface area contributed by atoms with Gasteiger partial charge in [0.15, 0.2) is 0 Å². The maximum absolute atomic E-state index is 9.77. The Kier molecular flexibility index (Phi) is 9.03. The molecule has 0 atom stereocenters. The van der Waals surface area contributed by atoms with Gasteiger partial charge in [0.2, 0.25) is 9.05 Å². The van der Waals surface area contributed by atoms with E-state index in [2.05, 4.69) is 10.7 Å². The van der Waals surface area contributed by atoms with Gasteiger partial charge in [-0.15, -0.1) is 11.6 Å². The first kappa shape index (κ1) is 12.2. The first-order valence-electron chi connectivity index (χ1n) is 2.46. The van der Waals surface area contributed by atoms with Crippen LogP contribution in [0.25, 0.3) is 0 Å². The fourth-order valence-corrected chi connectivity index (χ4v) is 0. The lowest BCUT2D eigenvalue weighted by atomic mass is 11.0. The van der Waals surface area contributed by atoms with E-state index in [0.29, 0.717) is 0 Å².